The van der Waals surface area contributed by atoms with Crippen molar-refractivity contribution in [1.82, 2.24) is 0 Å². The van der Waals surface area contributed by atoms with Crippen LogP contribution in [0.15, 0.2) is 182 Å². The van der Waals surface area contributed by atoms with Crippen LogP contribution in [0, 0.1) is 0 Å². The van der Waals surface area contributed by atoms with E-state index in [2.05, 4.69) is 168 Å². The first-order chi connectivity index (χ1) is 27.3. The summed E-state index contributed by atoms with van der Waals surface area (Å²) in [5, 5.41) is 0. The standard InChI is InChI=1S/C49H30N2O2.C2H6/c1-3-17-33-31(15-1)47-35(19-13-25-41(47)50-37-21-5-9-27-43(37)52-44-28-10-6-22-38(44)50)49(33)34-18-4-2-16-32(34)48-36(49)20-14-26-42(48)51-39-23-7-11-29-45(39)53-46-30-12-8-24-40(46)51;1-2/h1-30H;1-2H3. The molecule has 4 nitrogen and oxygen atoms in total. The molecule has 4 heteroatoms. The predicted octanol–water partition coefficient (Wildman–Crippen LogP) is 14.2. The molecule has 2 heterocycles. The molecule has 1 spiro atoms. The molecule has 0 N–H and O–H groups in total. The largest absolute Gasteiger partial charge is 0.453 e. The van der Waals surface area contributed by atoms with Crippen LogP contribution in [0.2, 0.25) is 0 Å². The van der Waals surface area contributed by atoms with E-state index in [0.717, 1.165) is 57.1 Å². The van der Waals surface area contributed by atoms with Crippen LogP contribution in [-0.2, 0) is 5.41 Å². The SMILES string of the molecule is CC.c1ccc2c(c1)Oc1ccccc1N2c1cccc2c1-c1ccccc1C21c2ccccc2-c2c(N3c4ccccc4Oc4ccccc43)cccc21. The molecular weight excluding hydrogens is 673 g/mol. The first kappa shape index (κ1) is 31.5. The topological polar surface area (TPSA) is 24.9 Å². The smallest absolute Gasteiger partial charge is 0.151 e. The molecule has 12 rings (SSSR count). The molecule has 0 fully saturated rings. The van der Waals surface area contributed by atoms with Crippen molar-refractivity contribution in [2.45, 2.75) is 19.3 Å². The van der Waals surface area contributed by atoms with Crippen LogP contribution >= 0.6 is 0 Å². The minimum absolute atomic E-state index is 0.541. The molecular formula is C51H36N2O2. The zero-order valence-electron chi connectivity index (χ0n) is 30.5. The molecule has 2 aliphatic carbocycles. The van der Waals surface area contributed by atoms with Gasteiger partial charge >= 0.3 is 0 Å². The van der Waals surface area contributed by atoms with E-state index in [1.54, 1.807) is 0 Å². The quantitative estimate of drug-likeness (QED) is 0.178. The van der Waals surface area contributed by atoms with E-state index in [1.807, 2.05) is 38.1 Å². The summed E-state index contributed by atoms with van der Waals surface area (Å²) in [5.41, 5.74) is 15.9. The van der Waals surface area contributed by atoms with Crippen LogP contribution in [0.3, 0.4) is 0 Å². The lowest BCUT2D eigenvalue weighted by Gasteiger charge is -2.35. The molecule has 0 bridgehead atoms. The van der Waals surface area contributed by atoms with Crippen molar-refractivity contribution < 1.29 is 9.47 Å². The number of para-hydroxylation sites is 8. The highest BCUT2D eigenvalue weighted by molar-refractivity contribution is 6.05. The van der Waals surface area contributed by atoms with Crippen molar-refractivity contribution in [3.05, 3.63) is 204 Å². The minimum atomic E-state index is -0.541. The minimum Gasteiger partial charge on any atom is -0.453 e. The zero-order chi connectivity index (χ0) is 36.7. The van der Waals surface area contributed by atoms with Crippen LogP contribution in [-0.4, -0.2) is 0 Å². The average Bonchev–Trinajstić information content (AvgIpc) is 3.73. The second kappa shape index (κ2) is 12.0. The fourth-order valence-corrected chi connectivity index (χ4v) is 9.50. The molecule has 0 atom stereocenters. The number of hydrogen-bond acceptors (Lipinski definition) is 4. The van der Waals surface area contributed by atoms with Gasteiger partial charge < -0.3 is 19.3 Å². The van der Waals surface area contributed by atoms with Crippen LogP contribution in [0.4, 0.5) is 34.1 Å². The first-order valence-corrected chi connectivity index (χ1v) is 19.1. The summed E-state index contributed by atoms with van der Waals surface area (Å²) < 4.78 is 12.9. The van der Waals surface area contributed by atoms with Gasteiger partial charge in [0.15, 0.2) is 23.0 Å². The van der Waals surface area contributed by atoms with E-state index >= 15 is 0 Å². The molecule has 0 aromatic heterocycles. The Labute approximate surface area is 321 Å². The van der Waals surface area contributed by atoms with Gasteiger partial charge in [0.05, 0.1) is 39.5 Å². The Bertz CT molecular complexity index is 2550. The van der Waals surface area contributed by atoms with Crippen molar-refractivity contribution in [1.29, 1.82) is 0 Å². The third-order valence-corrected chi connectivity index (χ3v) is 11.4. The Balaban J connectivity index is 0.00000173. The average molecular weight is 709 g/mol. The maximum Gasteiger partial charge on any atom is 0.151 e. The second-order valence-corrected chi connectivity index (χ2v) is 14.0. The van der Waals surface area contributed by atoms with Crippen LogP contribution in [0.1, 0.15) is 36.1 Å². The van der Waals surface area contributed by atoms with Gasteiger partial charge in [-0.2, -0.15) is 0 Å². The fraction of sp³-hybridized carbons (Fsp3) is 0.0588. The van der Waals surface area contributed by atoms with E-state index in [0.29, 0.717) is 0 Å². The Morgan fingerprint density at radius 1 is 0.309 bits per heavy atom. The fourth-order valence-electron chi connectivity index (χ4n) is 9.50. The van der Waals surface area contributed by atoms with E-state index in [9.17, 15) is 0 Å². The molecule has 2 aliphatic heterocycles. The number of fused-ring (bicyclic) bond motifs is 14. The molecule has 8 aromatic carbocycles. The van der Waals surface area contributed by atoms with Crippen LogP contribution in [0.5, 0.6) is 23.0 Å². The van der Waals surface area contributed by atoms with Crippen LogP contribution in [0.25, 0.3) is 22.3 Å². The second-order valence-electron chi connectivity index (χ2n) is 14.0. The van der Waals surface area contributed by atoms with Gasteiger partial charge in [-0.25, -0.2) is 0 Å². The molecule has 0 saturated heterocycles. The van der Waals surface area contributed by atoms with E-state index in [-0.39, 0.29) is 0 Å². The number of benzene rings is 8. The summed E-state index contributed by atoms with van der Waals surface area (Å²) in [6.45, 7) is 4.00. The van der Waals surface area contributed by atoms with Gasteiger partial charge in [0.25, 0.3) is 0 Å². The Hall–Kier alpha value is -7.04. The molecule has 55 heavy (non-hydrogen) atoms. The monoisotopic (exact) mass is 708 g/mol. The maximum atomic E-state index is 6.47. The molecule has 262 valence electrons. The molecule has 4 aliphatic rings. The number of nitrogens with zero attached hydrogens (tertiary/aromatic N) is 2. The van der Waals surface area contributed by atoms with Gasteiger partial charge in [-0.3, -0.25) is 0 Å². The Morgan fingerprint density at radius 3 is 0.982 bits per heavy atom. The van der Waals surface area contributed by atoms with E-state index in [1.165, 1.54) is 44.5 Å². The summed E-state index contributed by atoms with van der Waals surface area (Å²) in [5.74, 6) is 3.38. The Morgan fingerprint density at radius 2 is 0.600 bits per heavy atom. The zero-order valence-corrected chi connectivity index (χ0v) is 30.5. The third kappa shape index (κ3) is 4.17. The van der Waals surface area contributed by atoms with Crippen molar-refractivity contribution >= 4 is 34.1 Å². The van der Waals surface area contributed by atoms with Gasteiger partial charge in [0.1, 0.15) is 0 Å². The maximum absolute atomic E-state index is 6.47. The van der Waals surface area contributed by atoms with E-state index in [4.69, 9.17) is 9.47 Å². The third-order valence-electron chi connectivity index (χ3n) is 11.4. The van der Waals surface area contributed by atoms with Crippen molar-refractivity contribution in [2.75, 3.05) is 9.80 Å². The van der Waals surface area contributed by atoms with Crippen molar-refractivity contribution in [2.24, 2.45) is 0 Å². The number of rotatable bonds is 2. The van der Waals surface area contributed by atoms with Gasteiger partial charge in [-0.15, -0.1) is 0 Å². The first-order valence-electron chi connectivity index (χ1n) is 19.1. The summed E-state index contributed by atoms with van der Waals surface area (Å²) in [6.07, 6.45) is 0. The molecule has 8 aromatic rings. The number of ether oxygens (including phenoxy) is 2. The Kier molecular flexibility index (Phi) is 6.86. The van der Waals surface area contributed by atoms with Gasteiger partial charge in [-0.05, 0) is 94.0 Å². The van der Waals surface area contributed by atoms with Crippen LogP contribution < -0.4 is 19.3 Å². The van der Waals surface area contributed by atoms with Crippen molar-refractivity contribution in [3.8, 4) is 45.3 Å². The van der Waals surface area contributed by atoms with Gasteiger partial charge in [-0.1, -0.05) is 135 Å². The summed E-state index contributed by atoms with van der Waals surface area (Å²) in [7, 11) is 0. The molecule has 0 radical (unpaired) electrons. The van der Waals surface area contributed by atoms with Gasteiger partial charge in [0.2, 0.25) is 0 Å². The lowest BCUT2D eigenvalue weighted by atomic mass is 9.70. The number of hydrogen-bond donors (Lipinski definition) is 0. The lowest BCUT2D eigenvalue weighted by molar-refractivity contribution is 0.477. The summed E-state index contributed by atoms with van der Waals surface area (Å²) >= 11 is 0. The lowest BCUT2D eigenvalue weighted by Crippen LogP contribution is -2.26. The highest BCUT2D eigenvalue weighted by atomic mass is 16.5. The summed E-state index contributed by atoms with van der Waals surface area (Å²) in [6, 6.07) is 65.2. The number of anilines is 6. The van der Waals surface area contributed by atoms with Crippen molar-refractivity contribution in [3.63, 3.8) is 0 Å². The highest BCUT2D eigenvalue weighted by Gasteiger charge is 2.53. The normalized spacial score (nSPS) is 14.0. The molecule has 0 amide bonds. The molecule has 0 saturated carbocycles. The van der Waals surface area contributed by atoms with Gasteiger partial charge in [0, 0.05) is 11.1 Å². The predicted molar refractivity (Wildman–Crippen MR) is 224 cm³/mol. The molecule has 0 unspecified atom stereocenters. The van der Waals surface area contributed by atoms with E-state index < -0.39 is 5.41 Å². The highest BCUT2D eigenvalue weighted by Crippen LogP contribution is 2.67. The summed E-state index contributed by atoms with van der Waals surface area (Å²) in [4.78, 5) is 4.78.